The average molecular weight is 333 g/mol. The Morgan fingerprint density at radius 1 is 1.20 bits per heavy atom. The van der Waals surface area contributed by atoms with Crippen molar-refractivity contribution < 1.29 is 14.3 Å². The van der Waals surface area contributed by atoms with Crippen molar-refractivity contribution in [2.24, 2.45) is 0 Å². The maximum Gasteiger partial charge on any atom is 0.193 e. The third-order valence-corrected chi connectivity index (χ3v) is 3.47. The van der Waals surface area contributed by atoms with Gasteiger partial charge >= 0.3 is 0 Å². The molecule has 20 heavy (non-hydrogen) atoms. The SMILES string of the molecule is O=C(c1ccccc1)c1cc(Br)cc(OCC2CO2)c1. The van der Waals surface area contributed by atoms with Crippen molar-refractivity contribution >= 4 is 21.7 Å². The summed E-state index contributed by atoms with van der Waals surface area (Å²) in [6.45, 7) is 1.28. The molecule has 2 aromatic rings. The summed E-state index contributed by atoms with van der Waals surface area (Å²) in [6, 6.07) is 14.6. The van der Waals surface area contributed by atoms with E-state index in [2.05, 4.69) is 15.9 Å². The van der Waals surface area contributed by atoms with Gasteiger partial charge in [-0.3, -0.25) is 4.79 Å². The lowest BCUT2D eigenvalue weighted by Gasteiger charge is -2.08. The summed E-state index contributed by atoms with van der Waals surface area (Å²) in [5.41, 5.74) is 1.28. The number of hydrogen-bond donors (Lipinski definition) is 0. The Kier molecular flexibility index (Phi) is 3.85. The first-order chi connectivity index (χ1) is 9.72. The molecule has 4 heteroatoms. The maximum atomic E-state index is 12.4. The fourth-order valence-corrected chi connectivity index (χ4v) is 2.36. The van der Waals surface area contributed by atoms with Gasteiger partial charge in [-0.15, -0.1) is 0 Å². The van der Waals surface area contributed by atoms with Crippen LogP contribution in [0.4, 0.5) is 0 Å². The second-order valence-corrected chi connectivity index (χ2v) is 5.55. The lowest BCUT2D eigenvalue weighted by molar-refractivity contribution is 0.103. The lowest BCUT2D eigenvalue weighted by atomic mass is 10.0. The molecule has 0 aliphatic carbocycles. The second-order valence-electron chi connectivity index (χ2n) is 4.64. The van der Waals surface area contributed by atoms with E-state index in [9.17, 15) is 4.79 Å². The fourth-order valence-electron chi connectivity index (χ4n) is 1.89. The van der Waals surface area contributed by atoms with Gasteiger partial charge in [-0.05, 0) is 18.2 Å². The molecule has 1 atom stereocenters. The first-order valence-corrected chi connectivity index (χ1v) is 7.16. The number of halogens is 1. The number of epoxide rings is 1. The van der Waals surface area contributed by atoms with Crippen LogP contribution >= 0.6 is 15.9 Å². The van der Waals surface area contributed by atoms with E-state index in [0.717, 1.165) is 11.1 Å². The molecule has 102 valence electrons. The van der Waals surface area contributed by atoms with Crippen LogP contribution in [0, 0.1) is 0 Å². The van der Waals surface area contributed by atoms with Crippen LogP contribution in [-0.2, 0) is 4.74 Å². The zero-order valence-corrected chi connectivity index (χ0v) is 12.3. The number of ether oxygens (including phenoxy) is 2. The van der Waals surface area contributed by atoms with Crippen molar-refractivity contribution in [2.75, 3.05) is 13.2 Å². The molecule has 0 aromatic heterocycles. The first-order valence-electron chi connectivity index (χ1n) is 6.37. The molecule has 2 aromatic carbocycles. The smallest absolute Gasteiger partial charge is 0.193 e. The van der Waals surface area contributed by atoms with Crippen molar-refractivity contribution in [3.63, 3.8) is 0 Å². The van der Waals surface area contributed by atoms with Crippen molar-refractivity contribution in [2.45, 2.75) is 6.10 Å². The standard InChI is InChI=1S/C16H13BrO3/c17-13-6-12(16(18)11-4-2-1-3-5-11)7-14(8-13)19-9-15-10-20-15/h1-8,15H,9-10H2. The third-order valence-electron chi connectivity index (χ3n) is 3.01. The molecular formula is C16H13BrO3. The van der Waals surface area contributed by atoms with Gasteiger partial charge in [-0.1, -0.05) is 46.3 Å². The van der Waals surface area contributed by atoms with Crippen LogP contribution in [0.5, 0.6) is 5.75 Å². The van der Waals surface area contributed by atoms with Crippen LogP contribution in [0.25, 0.3) is 0 Å². The van der Waals surface area contributed by atoms with E-state index in [1.165, 1.54) is 0 Å². The first kappa shape index (κ1) is 13.3. The van der Waals surface area contributed by atoms with Gasteiger partial charge < -0.3 is 9.47 Å². The number of carbonyl (C=O) groups excluding carboxylic acids is 1. The van der Waals surface area contributed by atoms with E-state index in [1.807, 2.05) is 36.4 Å². The minimum absolute atomic E-state index is 0.0144. The Balaban J connectivity index is 1.82. The van der Waals surface area contributed by atoms with Crippen molar-refractivity contribution in [1.82, 2.24) is 0 Å². The highest BCUT2D eigenvalue weighted by molar-refractivity contribution is 9.10. The van der Waals surface area contributed by atoms with Crippen LogP contribution in [0.15, 0.2) is 53.0 Å². The topological polar surface area (TPSA) is 38.8 Å². The van der Waals surface area contributed by atoms with Gasteiger partial charge in [0.1, 0.15) is 18.5 Å². The van der Waals surface area contributed by atoms with Crippen molar-refractivity contribution in [1.29, 1.82) is 0 Å². The molecule has 1 fully saturated rings. The van der Waals surface area contributed by atoms with Gasteiger partial charge in [-0.25, -0.2) is 0 Å². The zero-order chi connectivity index (χ0) is 13.9. The summed E-state index contributed by atoms with van der Waals surface area (Å²) in [4.78, 5) is 12.4. The molecule has 3 nitrogen and oxygen atoms in total. The van der Waals surface area contributed by atoms with Gasteiger partial charge in [0, 0.05) is 15.6 Å². The van der Waals surface area contributed by atoms with Crippen molar-refractivity contribution in [3.05, 3.63) is 64.1 Å². The van der Waals surface area contributed by atoms with E-state index >= 15 is 0 Å². The molecule has 3 rings (SSSR count). The molecule has 1 unspecified atom stereocenters. The van der Waals surface area contributed by atoms with Crippen LogP contribution < -0.4 is 4.74 Å². The number of benzene rings is 2. The minimum atomic E-state index is -0.0144. The molecule has 0 radical (unpaired) electrons. The van der Waals surface area contributed by atoms with Crippen LogP contribution in [0.2, 0.25) is 0 Å². The number of hydrogen-bond acceptors (Lipinski definition) is 3. The Bertz CT molecular complexity index is 621. The predicted molar refractivity (Wildman–Crippen MR) is 79.3 cm³/mol. The summed E-state index contributed by atoms with van der Waals surface area (Å²) in [7, 11) is 0. The highest BCUT2D eigenvalue weighted by Gasteiger charge is 2.23. The third kappa shape index (κ3) is 3.26. The van der Waals surface area contributed by atoms with Gasteiger partial charge in [-0.2, -0.15) is 0 Å². The summed E-state index contributed by atoms with van der Waals surface area (Å²) in [5.74, 6) is 0.661. The number of ketones is 1. The Morgan fingerprint density at radius 2 is 1.95 bits per heavy atom. The molecule has 0 bridgehead atoms. The summed E-state index contributed by atoms with van der Waals surface area (Å²) in [5, 5.41) is 0. The van der Waals surface area contributed by atoms with Crippen LogP contribution in [0.1, 0.15) is 15.9 Å². The van der Waals surface area contributed by atoms with E-state index in [4.69, 9.17) is 9.47 Å². The molecule has 0 spiro atoms. The van der Waals surface area contributed by atoms with Crippen LogP contribution in [0.3, 0.4) is 0 Å². The molecule has 1 saturated heterocycles. The zero-order valence-electron chi connectivity index (χ0n) is 10.7. The monoisotopic (exact) mass is 332 g/mol. The highest BCUT2D eigenvalue weighted by Crippen LogP contribution is 2.24. The maximum absolute atomic E-state index is 12.4. The summed E-state index contributed by atoms with van der Waals surface area (Å²) >= 11 is 3.41. The Labute approximate surface area is 125 Å². The highest BCUT2D eigenvalue weighted by atomic mass is 79.9. The molecular weight excluding hydrogens is 320 g/mol. The Morgan fingerprint density at radius 3 is 2.65 bits per heavy atom. The normalized spacial score (nSPS) is 16.8. The van der Waals surface area contributed by atoms with E-state index in [1.54, 1.807) is 12.1 Å². The molecule has 1 aliphatic rings. The minimum Gasteiger partial charge on any atom is -0.491 e. The quantitative estimate of drug-likeness (QED) is 0.621. The predicted octanol–water partition coefficient (Wildman–Crippen LogP) is 3.46. The van der Waals surface area contributed by atoms with Crippen molar-refractivity contribution in [3.8, 4) is 5.75 Å². The lowest BCUT2D eigenvalue weighted by Crippen LogP contribution is -2.06. The molecule has 0 saturated carbocycles. The molecule has 1 aliphatic heterocycles. The van der Waals surface area contributed by atoms with Gasteiger partial charge in [0.25, 0.3) is 0 Å². The van der Waals surface area contributed by atoms with Crippen LogP contribution in [-0.4, -0.2) is 25.1 Å². The number of carbonyl (C=O) groups is 1. The van der Waals surface area contributed by atoms with Gasteiger partial charge in [0.05, 0.1) is 6.61 Å². The average Bonchev–Trinajstić information content (AvgIpc) is 3.29. The largest absolute Gasteiger partial charge is 0.491 e. The number of rotatable bonds is 5. The molecule has 0 amide bonds. The van der Waals surface area contributed by atoms with E-state index in [-0.39, 0.29) is 11.9 Å². The van der Waals surface area contributed by atoms with Gasteiger partial charge in [0.2, 0.25) is 0 Å². The van der Waals surface area contributed by atoms with E-state index < -0.39 is 0 Å². The van der Waals surface area contributed by atoms with Gasteiger partial charge in [0.15, 0.2) is 5.78 Å². The summed E-state index contributed by atoms with van der Waals surface area (Å²) < 4.78 is 11.6. The summed E-state index contributed by atoms with van der Waals surface area (Å²) in [6.07, 6.45) is 0.197. The molecule has 1 heterocycles. The molecule has 0 N–H and O–H groups in total. The fraction of sp³-hybridized carbons (Fsp3) is 0.188. The van der Waals surface area contributed by atoms with E-state index in [0.29, 0.717) is 23.5 Å². The second kappa shape index (κ2) is 5.77. The Hall–Kier alpha value is -1.65.